The summed E-state index contributed by atoms with van der Waals surface area (Å²) in [6.07, 6.45) is 10.2. The first-order valence-corrected chi connectivity index (χ1v) is 9.33. The molecule has 2 aromatic rings. The van der Waals surface area contributed by atoms with E-state index in [0.717, 1.165) is 22.8 Å². The smallest absolute Gasteiger partial charge is 0.170 e. The van der Waals surface area contributed by atoms with Crippen LogP contribution in [0.1, 0.15) is 37.7 Å². The SMILES string of the molecule is S=C(Nc1ccc(N2CN=Cc3cc[nH]c32)cc1)NC1CCCCC1. The van der Waals surface area contributed by atoms with Gasteiger partial charge in [0, 0.05) is 35.4 Å². The molecule has 1 fully saturated rings. The van der Waals surface area contributed by atoms with Gasteiger partial charge in [0.15, 0.2) is 5.11 Å². The Balaban J connectivity index is 1.39. The van der Waals surface area contributed by atoms with Crippen LogP contribution in [0.4, 0.5) is 17.2 Å². The minimum absolute atomic E-state index is 0.519. The monoisotopic (exact) mass is 353 g/mol. The molecule has 2 heterocycles. The summed E-state index contributed by atoms with van der Waals surface area (Å²) in [4.78, 5) is 9.87. The molecule has 1 saturated carbocycles. The first kappa shape index (κ1) is 16.1. The Morgan fingerprint density at radius 2 is 1.92 bits per heavy atom. The minimum atomic E-state index is 0.519. The number of nitrogens with one attached hydrogen (secondary N) is 3. The fourth-order valence-corrected chi connectivity index (χ4v) is 3.82. The second-order valence-corrected chi connectivity index (χ2v) is 7.05. The number of nitrogens with zero attached hydrogens (tertiary/aromatic N) is 2. The van der Waals surface area contributed by atoms with Gasteiger partial charge in [0.25, 0.3) is 0 Å². The summed E-state index contributed by atoms with van der Waals surface area (Å²) in [5.74, 6) is 1.09. The van der Waals surface area contributed by atoms with Crippen molar-refractivity contribution in [3.63, 3.8) is 0 Å². The van der Waals surface area contributed by atoms with Crippen LogP contribution in [0.5, 0.6) is 0 Å². The number of aromatic nitrogens is 1. The highest BCUT2D eigenvalue weighted by Crippen LogP contribution is 2.29. The van der Waals surface area contributed by atoms with Crippen LogP contribution in [0.2, 0.25) is 0 Å². The van der Waals surface area contributed by atoms with Crippen molar-refractivity contribution in [3.8, 4) is 0 Å². The van der Waals surface area contributed by atoms with E-state index in [1.807, 2.05) is 18.5 Å². The molecular weight excluding hydrogens is 330 g/mol. The Bertz CT molecular complexity index is 758. The lowest BCUT2D eigenvalue weighted by Gasteiger charge is -2.26. The number of benzene rings is 1. The number of rotatable bonds is 3. The second-order valence-electron chi connectivity index (χ2n) is 6.64. The topological polar surface area (TPSA) is 55.5 Å². The fourth-order valence-electron chi connectivity index (χ4n) is 3.54. The van der Waals surface area contributed by atoms with Crippen molar-refractivity contribution in [1.82, 2.24) is 10.3 Å². The van der Waals surface area contributed by atoms with E-state index in [0.29, 0.717) is 17.8 Å². The summed E-state index contributed by atoms with van der Waals surface area (Å²) in [6.45, 7) is 0.627. The number of hydrogen-bond acceptors (Lipinski definition) is 3. The van der Waals surface area contributed by atoms with E-state index in [2.05, 4.69) is 49.8 Å². The quantitative estimate of drug-likeness (QED) is 0.725. The van der Waals surface area contributed by atoms with E-state index < -0.39 is 0 Å². The highest BCUT2D eigenvalue weighted by molar-refractivity contribution is 7.80. The molecule has 0 bridgehead atoms. The molecule has 25 heavy (non-hydrogen) atoms. The molecule has 1 aliphatic carbocycles. The number of H-pyrrole nitrogens is 1. The maximum absolute atomic E-state index is 5.46. The van der Waals surface area contributed by atoms with Gasteiger partial charge >= 0.3 is 0 Å². The van der Waals surface area contributed by atoms with Crippen molar-refractivity contribution >= 4 is 40.7 Å². The molecule has 5 nitrogen and oxygen atoms in total. The number of thiocarbonyl (C=S) groups is 1. The summed E-state index contributed by atoms with van der Waals surface area (Å²) in [5, 5.41) is 7.46. The highest BCUT2D eigenvalue weighted by atomic mass is 32.1. The molecule has 130 valence electrons. The van der Waals surface area contributed by atoms with E-state index in [9.17, 15) is 0 Å². The van der Waals surface area contributed by atoms with Crippen molar-refractivity contribution in [3.05, 3.63) is 42.1 Å². The van der Waals surface area contributed by atoms with Gasteiger partial charge in [-0.15, -0.1) is 0 Å². The van der Waals surface area contributed by atoms with Crippen LogP contribution in [0.15, 0.2) is 41.5 Å². The van der Waals surface area contributed by atoms with E-state index in [1.165, 1.54) is 32.1 Å². The lowest BCUT2D eigenvalue weighted by molar-refractivity contribution is 0.415. The van der Waals surface area contributed by atoms with Crippen LogP contribution < -0.4 is 15.5 Å². The highest BCUT2D eigenvalue weighted by Gasteiger charge is 2.17. The van der Waals surface area contributed by atoms with Crippen molar-refractivity contribution in [2.45, 2.75) is 38.1 Å². The minimum Gasteiger partial charge on any atom is -0.360 e. The zero-order chi connectivity index (χ0) is 17.1. The Morgan fingerprint density at radius 3 is 2.72 bits per heavy atom. The normalized spacial score (nSPS) is 17.2. The van der Waals surface area contributed by atoms with Gasteiger partial charge in [0.1, 0.15) is 12.5 Å². The van der Waals surface area contributed by atoms with Gasteiger partial charge in [-0.05, 0) is 55.4 Å². The van der Waals surface area contributed by atoms with Crippen LogP contribution in [-0.4, -0.2) is 29.0 Å². The lowest BCUT2D eigenvalue weighted by Crippen LogP contribution is -2.38. The number of aromatic amines is 1. The molecule has 0 spiro atoms. The van der Waals surface area contributed by atoms with Gasteiger partial charge in [-0.25, -0.2) is 0 Å². The van der Waals surface area contributed by atoms with Crippen molar-refractivity contribution in [1.29, 1.82) is 0 Å². The summed E-state index contributed by atoms with van der Waals surface area (Å²) < 4.78 is 0. The van der Waals surface area contributed by atoms with E-state index in [4.69, 9.17) is 12.2 Å². The summed E-state index contributed by atoms with van der Waals surface area (Å²) in [7, 11) is 0. The molecule has 0 radical (unpaired) electrons. The number of aliphatic imine (C=N–C) groups is 1. The van der Waals surface area contributed by atoms with Crippen LogP contribution in [0, 0.1) is 0 Å². The number of fused-ring (bicyclic) bond motifs is 1. The number of hydrogen-bond donors (Lipinski definition) is 3. The molecule has 0 atom stereocenters. The zero-order valence-electron chi connectivity index (χ0n) is 14.2. The Morgan fingerprint density at radius 1 is 1.12 bits per heavy atom. The molecule has 1 aromatic carbocycles. The summed E-state index contributed by atoms with van der Waals surface area (Å²) in [6, 6.07) is 10.9. The Hall–Kier alpha value is -2.34. The average Bonchev–Trinajstić information content (AvgIpc) is 3.12. The molecule has 3 N–H and O–H groups in total. The summed E-state index contributed by atoms with van der Waals surface area (Å²) in [5.41, 5.74) is 3.23. The van der Waals surface area contributed by atoms with Gasteiger partial charge in [-0.3, -0.25) is 4.99 Å². The maximum atomic E-state index is 5.46. The molecule has 6 heteroatoms. The number of anilines is 3. The predicted octanol–water partition coefficient (Wildman–Crippen LogP) is 4.16. The van der Waals surface area contributed by atoms with Crippen molar-refractivity contribution < 1.29 is 0 Å². The fraction of sp³-hybridized carbons (Fsp3) is 0.368. The second kappa shape index (κ2) is 7.27. The Labute approximate surface area is 153 Å². The average molecular weight is 353 g/mol. The van der Waals surface area contributed by atoms with Gasteiger partial charge in [-0.1, -0.05) is 19.3 Å². The lowest BCUT2D eigenvalue weighted by atomic mass is 9.96. The maximum Gasteiger partial charge on any atom is 0.170 e. The molecule has 1 aromatic heterocycles. The van der Waals surface area contributed by atoms with Crippen molar-refractivity contribution in [2.24, 2.45) is 4.99 Å². The summed E-state index contributed by atoms with van der Waals surface area (Å²) >= 11 is 5.46. The molecule has 2 aliphatic rings. The van der Waals surface area contributed by atoms with Gasteiger partial charge in [0.2, 0.25) is 0 Å². The largest absolute Gasteiger partial charge is 0.360 e. The van der Waals surface area contributed by atoms with Crippen LogP contribution in [0.3, 0.4) is 0 Å². The van der Waals surface area contributed by atoms with Crippen LogP contribution >= 0.6 is 12.2 Å². The molecule has 0 amide bonds. The standard InChI is InChI=1S/C19H23N5S/c25-19(22-15-4-2-1-3-5-15)23-16-6-8-17(9-7-16)24-13-20-12-14-10-11-21-18(14)24/h6-12,15,21H,1-5,13H2,(H2,22,23,25). The molecule has 0 saturated heterocycles. The molecule has 1 aliphatic heterocycles. The van der Waals surface area contributed by atoms with Gasteiger partial charge < -0.3 is 20.5 Å². The molecule has 4 rings (SSSR count). The first-order valence-electron chi connectivity index (χ1n) is 8.92. The first-order chi connectivity index (χ1) is 12.3. The van der Waals surface area contributed by atoms with Crippen molar-refractivity contribution in [2.75, 3.05) is 16.9 Å². The third kappa shape index (κ3) is 3.69. The van der Waals surface area contributed by atoms with Crippen LogP contribution in [-0.2, 0) is 0 Å². The van der Waals surface area contributed by atoms with Crippen LogP contribution in [0.25, 0.3) is 0 Å². The zero-order valence-corrected chi connectivity index (χ0v) is 15.0. The predicted molar refractivity (Wildman–Crippen MR) is 108 cm³/mol. The third-order valence-corrected chi connectivity index (χ3v) is 5.08. The van der Waals surface area contributed by atoms with E-state index in [-0.39, 0.29) is 0 Å². The third-order valence-electron chi connectivity index (χ3n) is 4.86. The van der Waals surface area contributed by atoms with Gasteiger partial charge in [0.05, 0.1) is 0 Å². The molecular formula is C19H23N5S. The molecule has 0 unspecified atom stereocenters. The van der Waals surface area contributed by atoms with E-state index >= 15 is 0 Å². The van der Waals surface area contributed by atoms with E-state index in [1.54, 1.807) is 0 Å². The Kier molecular flexibility index (Phi) is 4.70. The van der Waals surface area contributed by atoms with Gasteiger partial charge in [-0.2, -0.15) is 0 Å².